The summed E-state index contributed by atoms with van der Waals surface area (Å²) in [4.78, 5) is 13.9. The number of alkyl halides is 3. The van der Waals surface area contributed by atoms with Crippen LogP contribution in [-0.4, -0.2) is 40.6 Å². The highest BCUT2D eigenvalue weighted by Crippen LogP contribution is 2.32. The van der Waals surface area contributed by atoms with Crippen LogP contribution in [0.3, 0.4) is 0 Å². The van der Waals surface area contributed by atoms with Gasteiger partial charge in [0, 0.05) is 11.6 Å². The van der Waals surface area contributed by atoms with E-state index >= 15 is 0 Å². The summed E-state index contributed by atoms with van der Waals surface area (Å²) in [6.07, 6.45) is -3.67. The minimum atomic E-state index is -4.66. The third-order valence-corrected chi connectivity index (χ3v) is 4.48. The molecule has 1 N–H and O–H groups in total. The second-order valence-corrected chi connectivity index (χ2v) is 6.58. The van der Waals surface area contributed by atoms with E-state index in [-0.39, 0.29) is 29.3 Å². The molecule has 1 aliphatic rings. The fourth-order valence-corrected chi connectivity index (χ4v) is 3.01. The van der Waals surface area contributed by atoms with Crippen LogP contribution in [0.4, 0.5) is 23.2 Å². The Bertz CT molecular complexity index is 819. The van der Waals surface area contributed by atoms with Crippen LogP contribution < -0.4 is 5.32 Å². The number of hydrogen-bond acceptors (Lipinski definition) is 5. The molecule has 6 nitrogen and oxygen atoms in total. The average molecular weight is 407 g/mol. The van der Waals surface area contributed by atoms with Gasteiger partial charge in [-0.1, -0.05) is 11.6 Å². The Kier molecular flexibility index (Phi) is 5.66. The Morgan fingerprint density at radius 2 is 2.00 bits per heavy atom. The molecule has 1 aromatic heterocycles. The highest BCUT2D eigenvalue weighted by Gasteiger charge is 2.39. The maximum absolute atomic E-state index is 13.1. The predicted molar refractivity (Wildman–Crippen MR) is 87.8 cm³/mol. The van der Waals surface area contributed by atoms with E-state index in [2.05, 4.69) is 15.5 Å². The molecule has 0 spiro atoms. The summed E-state index contributed by atoms with van der Waals surface area (Å²) in [5, 5.41) is 9.05. The van der Waals surface area contributed by atoms with E-state index < -0.39 is 17.9 Å². The molecule has 2 heterocycles. The van der Waals surface area contributed by atoms with Crippen molar-refractivity contribution >= 4 is 23.2 Å². The van der Waals surface area contributed by atoms with Gasteiger partial charge < -0.3 is 9.73 Å². The third-order valence-electron chi connectivity index (χ3n) is 4.19. The number of nitrogens with one attached hydrogen (secondary N) is 1. The molecule has 0 unspecified atom stereocenters. The highest BCUT2D eigenvalue weighted by atomic mass is 35.5. The maximum atomic E-state index is 13.1. The van der Waals surface area contributed by atoms with Gasteiger partial charge in [0.05, 0.1) is 11.6 Å². The molecule has 0 saturated carbocycles. The minimum Gasteiger partial charge on any atom is -0.417 e. The van der Waals surface area contributed by atoms with Gasteiger partial charge in [0.15, 0.2) is 0 Å². The van der Waals surface area contributed by atoms with Crippen LogP contribution >= 0.6 is 11.6 Å². The number of likely N-dealkylation sites (tertiary alicyclic amines) is 1. The number of aromatic nitrogens is 2. The number of benzene rings is 1. The summed E-state index contributed by atoms with van der Waals surface area (Å²) >= 11 is 5.67. The molecule has 11 heteroatoms. The van der Waals surface area contributed by atoms with Crippen molar-refractivity contribution in [1.29, 1.82) is 0 Å². The lowest BCUT2D eigenvalue weighted by Gasteiger charge is -2.29. The Balaban J connectivity index is 1.49. The summed E-state index contributed by atoms with van der Waals surface area (Å²) in [5.41, 5.74) is 0.381. The van der Waals surface area contributed by atoms with Crippen LogP contribution in [0.5, 0.6) is 0 Å². The van der Waals surface area contributed by atoms with E-state index in [1.165, 1.54) is 12.1 Å². The van der Waals surface area contributed by atoms with Crippen molar-refractivity contribution in [3.05, 3.63) is 40.8 Å². The van der Waals surface area contributed by atoms with Crippen molar-refractivity contribution in [2.45, 2.75) is 24.9 Å². The predicted octanol–water partition coefficient (Wildman–Crippen LogP) is 3.70. The average Bonchev–Trinajstić information content (AvgIpc) is 3.09. The van der Waals surface area contributed by atoms with Gasteiger partial charge in [0.2, 0.25) is 11.8 Å². The molecule has 1 aliphatic heterocycles. The van der Waals surface area contributed by atoms with Crippen molar-refractivity contribution < 1.29 is 26.8 Å². The molecule has 1 aromatic carbocycles. The zero-order valence-electron chi connectivity index (χ0n) is 13.9. The smallest absolute Gasteiger partial charge is 0.417 e. The Hall–Kier alpha value is -2.20. The first-order valence-corrected chi connectivity index (χ1v) is 8.48. The van der Waals surface area contributed by atoms with Crippen molar-refractivity contribution in [2.75, 3.05) is 25.0 Å². The van der Waals surface area contributed by atoms with Crippen molar-refractivity contribution in [3.63, 3.8) is 0 Å². The number of hydrogen-bond donors (Lipinski definition) is 1. The molecule has 1 saturated heterocycles. The lowest BCUT2D eigenvalue weighted by atomic mass is 9.97. The molecule has 146 valence electrons. The van der Waals surface area contributed by atoms with Gasteiger partial charge in [0.25, 0.3) is 0 Å². The topological polar surface area (TPSA) is 71.3 Å². The first-order chi connectivity index (χ1) is 12.7. The zero-order chi connectivity index (χ0) is 19.6. The number of carbonyl (C=O) groups is 1. The molecule has 1 amide bonds. The fraction of sp³-hybridized carbons (Fsp3) is 0.438. The molecule has 0 atom stereocenters. The van der Waals surface area contributed by atoms with E-state index in [0.717, 1.165) is 6.07 Å². The number of nitrogens with zero attached hydrogens (tertiary/aromatic N) is 3. The fourth-order valence-electron chi connectivity index (χ4n) is 2.83. The van der Waals surface area contributed by atoms with Crippen molar-refractivity contribution in [3.8, 4) is 0 Å². The molecule has 1 fully saturated rings. The molecular weight excluding hydrogens is 392 g/mol. The molecule has 27 heavy (non-hydrogen) atoms. The lowest BCUT2D eigenvalue weighted by molar-refractivity contribution is -0.157. The second-order valence-electron chi connectivity index (χ2n) is 6.17. The number of anilines is 1. The molecule has 0 bridgehead atoms. The zero-order valence-corrected chi connectivity index (χ0v) is 14.6. The van der Waals surface area contributed by atoms with Crippen LogP contribution in [-0.2, 0) is 11.0 Å². The summed E-state index contributed by atoms with van der Waals surface area (Å²) in [5.74, 6) is -2.53. The van der Waals surface area contributed by atoms with Gasteiger partial charge in [-0.2, -0.15) is 13.2 Å². The molecule has 3 rings (SSSR count). The van der Waals surface area contributed by atoms with Crippen LogP contribution in [0.1, 0.15) is 30.5 Å². The summed E-state index contributed by atoms with van der Waals surface area (Å²) in [6, 6.07) is 3.87. The Morgan fingerprint density at radius 3 is 2.59 bits per heavy atom. The standard InChI is InChI=1S/C16H15ClF4N4O2/c17-11-7-10(1-2-12(11)18)22-13(26)8-25-5-3-9(4-6-25)14-23-24-15(27-14)16(19,20)21/h1-2,7,9H,3-6,8H2,(H,22,26). The summed E-state index contributed by atoms with van der Waals surface area (Å²) in [6.45, 7) is 1.08. The summed E-state index contributed by atoms with van der Waals surface area (Å²) < 4.78 is 55.4. The molecule has 0 radical (unpaired) electrons. The lowest BCUT2D eigenvalue weighted by Crippen LogP contribution is -2.38. The molecule has 2 aromatic rings. The first-order valence-electron chi connectivity index (χ1n) is 8.10. The van der Waals surface area contributed by atoms with Gasteiger partial charge in [-0.15, -0.1) is 10.2 Å². The van der Waals surface area contributed by atoms with Gasteiger partial charge in [-0.05, 0) is 44.1 Å². The Labute approximate surface area is 156 Å². The molecular formula is C16H15ClF4N4O2. The van der Waals surface area contributed by atoms with E-state index in [4.69, 9.17) is 16.0 Å². The quantitative estimate of drug-likeness (QED) is 0.784. The maximum Gasteiger partial charge on any atom is 0.470 e. The third kappa shape index (κ3) is 4.95. The molecule has 0 aliphatic carbocycles. The highest BCUT2D eigenvalue weighted by molar-refractivity contribution is 6.31. The second kappa shape index (κ2) is 7.81. The van der Waals surface area contributed by atoms with Gasteiger partial charge in [-0.3, -0.25) is 9.69 Å². The van der Waals surface area contributed by atoms with Gasteiger partial charge in [0.1, 0.15) is 5.82 Å². The minimum absolute atomic E-state index is 0.0348. The first kappa shape index (κ1) is 19.6. The van der Waals surface area contributed by atoms with Crippen LogP contribution in [0.15, 0.2) is 22.6 Å². The number of halogens is 5. The Morgan fingerprint density at radius 1 is 1.30 bits per heavy atom. The van der Waals surface area contributed by atoms with E-state index in [9.17, 15) is 22.4 Å². The van der Waals surface area contributed by atoms with Crippen LogP contribution in [0.2, 0.25) is 5.02 Å². The van der Waals surface area contributed by atoms with E-state index in [1.54, 1.807) is 0 Å². The number of piperidine rings is 1. The number of amides is 1. The number of carbonyl (C=O) groups excluding carboxylic acids is 1. The van der Waals surface area contributed by atoms with Crippen LogP contribution in [0.25, 0.3) is 0 Å². The van der Waals surface area contributed by atoms with E-state index in [0.29, 0.717) is 31.6 Å². The monoisotopic (exact) mass is 406 g/mol. The van der Waals surface area contributed by atoms with Gasteiger partial charge >= 0.3 is 12.1 Å². The van der Waals surface area contributed by atoms with E-state index in [1.807, 2.05) is 4.90 Å². The van der Waals surface area contributed by atoms with Crippen molar-refractivity contribution in [1.82, 2.24) is 15.1 Å². The van der Waals surface area contributed by atoms with Gasteiger partial charge in [-0.25, -0.2) is 4.39 Å². The van der Waals surface area contributed by atoms with Crippen LogP contribution in [0, 0.1) is 5.82 Å². The largest absolute Gasteiger partial charge is 0.470 e. The normalized spacial score (nSPS) is 16.5. The number of rotatable bonds is 4. The van der Waals surface area contributed by atoms with Crippen molar-refractivity contribution in [2.24, 2.45) is 0 Å². The summed E-state index contributed by atoms with van der Waals surface area (Å²) in [7, 11) is 0. The SMILES string of the molecule is O=C(CN1CCC(c2nnc(C(F)(F)F)o2)CC1)Nc1ccc(F)c(Cl)c1.